The maximum atomic E-state index is 10.5. The second-order valence-corrected chi connectivity index (χ2v) is 4.80. The van der Waals surface area contributed by atoms with Gasteiger partial charge in [0.25, 0.3) is 5.69 Å². The minimum Gasteiger partial charge on any atom is -0.507 e. The van der Waals surface area contributed by atoms with Crippen LogP contribution in [0.2, 0.25) is 0 Å². The molecule has 2 aromatic carbocycles. The highest BCUT2D eigenvalue weighted by molar-refractivity contribution is 7.99. The molecule has 0 fully saturated rings. The number of aromatic hydroxyl groups is 1. The fourth-order valence-corrected chi connectivity index (χ4v) is 2.30. The van der Waals surface area contributed by atoms with E-state index in [1.165, 1.54) is 37.1 Å². The van der Waals surface area contributed by atoms with Gasteiger partial charge >= 0.3 is 0 Å². The highest BCUT2D eigenvalue weighted by Gasteiger charge is 2.08. The van der Waals surface area contributed by atoms with Crippen molar-refractivity contribution in [2.45, 2.75) is 9.79 Å². The van der Waals surface area contributed by atoms with E-state index in [-0.39, 0.29) is 11.4 Å². The van der Waals surface area contributed by atoms with Crippen LogP contribution in [-0.4, -0.2) is 17.1 Å². The summed E-state index contributed by atoms with van der Waals surface area (Å²) in [6.45, 7) is 0. The van der Waals surface area contributed by atoms with Gasteiger partial charge in [0.2, 0.25) is 0 Å². The molecular weight excluding hydrogens is 266 g/mol. The van der Waals surface area contributed by atoms with Gasteiger partial charge < -0.3 is 9.84 Å². The molecule has 0 aliphatic rings. The van der Waals surface area contributed by atoms with Crippen LogP contribution in [0.1, 0.15) is 0 Å². The van der Waals surface area contributed by atoms with Crippen molar-refractivity contribution in [1.29, 1.82) is 0 Å². The number of rotatable bonds is 4. The first-order valence-electron chi connectivity index (χ1n) is 5.39. The molecule has 0 atom stereocenters. The first kappa shape index (κ1) is 13.2. The number of hydrogen-bond donors (Lipinski definition) is 1. The lowest BCUT2D eigenvalue weighted by Gasteiger charge is -2.06. The summed E-state index contributed by atoms with van der Waals surface area (Å²) in [7, 11) is 1.53. The van der Waals surface area contributed by atoms with Gasteiger partial charge in [-0.15, -0.1) is 0 Å². The quantitative estimate of drug-likeness (QED) is 0.684. The minimum atomic E-state index is -0.445. The number of nitro groups is 1. The van der Waals surface area contributed by atoms with E-state index in [4.69, 9.17) is 4.74 Å². The molecule has 0 amide bonds. The molecule has 0 heterocycles. The molecule has 1 N–H and O–H groups in total. The third-order valence-electron chi connectivity index (χ3n) is 2.44. The first-order chi connectivity index (χ1) is 9.10. The van der Waals surface area contributed by atoms with E-state index in [0.717, 1.165) is 4.90 Å². The number of methoxy groups -OCH3 is 1. The Hall–Kier alpha value is -2.21. The van der Waals surface area contributed by atoms with Crippen LogP contribution in [0.15, 0.2) is 52.3 Å². The second-order valence-electron chi connectivity index (χ2n) is 3.69. The maximum Gasteiger partial charge on any atom is 0.269 e. The molecule has 0 aliphatic heterocycles. The Balaban J connectivity index is 2.19. The van der Waals surface area contributed by atoms with Crippen molar-refractivity contribution in [3.05, 3.63) is 52.6 Å². The van der Waals surface area contributed by atoms with Gasteiger partial charge in [-0.3, -0.25) is 10.1 Å². The molecule has 0 saturated carbocycles. The van der Waals surface area contributed by atoms with Crippen molar-refractivity contribution in [2.24, 2.45) is 0 Å². The van der Waals surface area contributed by atoms with Gasteiger partial charge in [-0.25, -0.2) is 0 Å². The predicted molar refractivity (Wildman–Crippen MR) is 71.9 cm³/mol. The van der Waals surface area contributed by atoms with Crippen LogP contribution in [0.25, 0.3) is 0 Å². The Kier molecular flexibility index (Phi) is 3.91. The Morgan fingerprint density at radius 2 is 1.89 bits per heavy atom. The van der Waals surface area contributed by atoms with E-state index < -0.39 is 4.92 Å². The zero-order valence-corrected chi connectivity index (χ0v) is 10.9. The Morgan fingerprint density at radius 1 is 1.21 bits per heavy atom. The second kappa shape index (κ2) is 5.62. The van der Waals surface area contributed by atoms with Gasteiger partial charge in [-0.1, -0.05) is 11.8 Å². The molecule has 5 nitrogen and oxygen atoms in total. The van der Waals surface area contributed by atoms with E-state index in [2.05, 4.69) is 0 Å². The molecular formula is C13H11NO4S. The number of benzene rings is 2. The van der Waals surface area contributed by atoms with E-state index >= 15 is 0 Å². The SMILES string of the molecule is COc1ccc(Sc2ccc([N+](=O)[O-])cc2)c(O)c1. The normalized spacial score (nSPS) is 10.2. The average molecular weight is 277 g/mol. The number of phenolic OH excluding ortho intramolecular Hbond substituents is 1. The highest BCUT2D eigenvalue weighted by atomic mass is 32.2. The van der Waals surface area contributed by atoms with Gasteiger partial charge in [-0.2, -0.15) is 0 Å². The van der Waals surface area contributed by atoms with Crippen LogP contribution < -0.4 is 4.74 Å². The summed E-state index contributed by atoms with van der Waals surface area (Å²) < 4.78 is 5.00. The standard InChI is InChI=1S/C13H11NO4S/c1-18-10-4-7-13(12(15)8-10)19-11-5-2-9(3-6-11)14(16)17/h2-8,15H,1H3. The number of nitrogens with zero attached hydrogens (tertiary/aromatic N) is 1. The summed E-state index contributed by atoms with van der Waals surface area (Å²) in [5.41, 5.74) is 0.0447. The summed E-state index contributed by atoms with van der Waals surface area (Å²) in [5, 5.41) is 20.4. The smallest absolute Gasteiger partial charge is 0.269 e. The summed E-state index contributed by atoms with van der Waals surface area (Å²) >= 11 is 1.33. The zero-order chi connectivity index (χ0) is 13.8. The van der Waals surface area contributed by atoms with Gasteiger partial charge in [0.15, 0.2) is 0 Å². The summed E-state index contributed by atoms with van der Waals surface area (Å²) in [4.78, 5) is 11.6. The van der Waals surface area contributed by atoms with Crippen molar-refractivity contribution in [3.8, 4) is 11.5 Å². The van der Waals surface area contributed by atoms with Crippen molar-refractivity contribution in [1.82, 2.24) is 0 Å². The molecule has 98 valence electrons. The molecule has 0 unspecified atom stereocenters. The van der Waals surface area contributed by atoms with E-state index in [1.807, 2.05) is 0 Å². The number of phenols is 1. The van der Waals surface area contributed by atoms with Crippen LogP contribution in [0.5, 0.6) is 11.5 Å². The van der Waals surface area contributed by atoms with Gasteiger partial charge in [-0.05, 0) is 24.3 Å². The fraction of sp³-hybridized carbons (Fsp3) is 0.0769. The molecule has 0 spiro atoms. The average Bonchev–Trinajstić information content (AvgIpc) is 2.41. The summed E-state index contributed by atoms with van der Waals surface area (Å²) in [6, 6.07) is 11.2. The van der Waals surface area contributed by atoms with Crippen molar-refractivity contribution >= 4 is 17.4 Å². The largest absolute Gasteiger partial charge is 0.507 e. The number of ether oxygens (including phenoxy) is 1. The predicted octanol–water partition coefficient (Wildman–Crippen LogP) is 3.46. The lowest BCUT2D eigenvalue weighted by Crippen LogP contribution is -1.86. The minimum absolute atomic E-state index is 0.0447. The van der Waals surface area contributed by atoms with Crippen molar-refractivity contribution < 1.29 is 14.8 Å². The third-order valence-corrected chi connectivity index (χ3v) is 3.51. The summed E-state index contributed by atoms with van der Waals surface area (Å²) in [6.07, 6.45) is 0. The lowest BCUT2D eigenvalue weighted by molar-refractivity contribution is -0.384. The molecule has 0 saturated heterocycles. The molecule has 2 rings (SSSR count). The number of hydrogen-bond acceptors (Lipinski definition) is 5. The number of non-ortho nitro benzene ring substituents is 1. The van der Waals surface area contributed by atoms with Crippen LogP contribution in [0.3, 0.4) is 0 Å². The van der Waals surface area contributed by atoms with Gasteiger partial charge in [0.1, 0.15) is 11.5 Å². The maximum absolute atomic E-state index is 10.5. The highest BCUT2D eigenvalue weighted by Crippen LogP contribution is 2.36. The topological polar surface area (TPSA) is 72.6 Å². The summed E-state index contributed by atoms with van der Waals surface area (Å²) in [5.74, 6) is 0.688. The fourth-order valence-electron chi connectivity index (χ4n) is 1.47. The molecule has 0 bridgehead atoms. The molecule has 19 heavy (non-hydrogen) atoms. The van der Waals surface area contributed by atoms with Crippen molar-refractivity contribution in [2.75, 3.05) is 7.11 Å². The Labute approximate surface area is 114 Å². The van der Waals surface area contributed by atoms with Crippen LogP contribution in [-0.2, 0) is 0 Å². The van der Waals surface area contributed by atoms with E-state index in [1.54, 1.807) is 24.3 Å². The molecule has 6 heteroatoms. The molecule has 0 radical (unpaired) electrons. The molecule has 0 aromatic heterocycles. The Bertz CT molecular complexity index is 598. The van der Waals surface area contributed by atoms with E-state index in [0.29, 0.717) is 10.6 Å². The van der Waals surface area contributed by atoms with Crippen molar-refractivity contribution in [3.63, 3.8) is 0 Å². The third kappa shape index (κ3) is 3.17. The number of nitro benzene ring substituents is 1. The van der Waals surface area contributed by atoms with Crippen LogP contribution >= 0.6 is 11.8 Å². The van der Waals surface area contributed by atoms with Crippen LogP contribution in [0, 0.1) is 10.1 Å². The lowest BCUT2D eigenvalue weighted by atomic mass is 10.3. The first-order valence-corrected chi connectivity index (χ1v) is 6.21. The molecule has 2 aromatic rings. The zero-order valence-electron chi connectivity index (χ0n) is 10.1. The Morgan fingerprint density at radius 3 is 2.42 bits per heavy atom. The molecule has 0 aliphatic carbocycles. The van der Waals surface area contributed by atoms with Gasteiger partial charge in [0.05, 0.1) is 16.9 Å². The van der Waals surface area contributed by atoms with Crippen LogP contribution in [0.4, 0.5) is 5.69 Å². The van der Waals surface area contributed by atoms with E-state index in [9.17, 15) is 15.2 Å². The van der Waals surface area contributed by atoms with Gasteiger partial charge in [0, 0.05) is 23.1 Å². The monoisotopic (exact) mass is 277 g/mol.